The van der Waals surface area contributed by atoms with Gasteiger partial charge in [0.2, 0.25) is 0 Å². The molecule has 3 rings (SSSR count). The molecule has 142 valence electrons. The number of β-amino-alcohol motifs (C(OH)–C–C–N with tert-alkyl or cyclic N) is 1. The number of carbonyl (C=O) groups is 2. The third-order valence-corrected chi connectivity index (χ3v) is 4.60. The van der Waals surface area contributed by atoms with Crippen LogP contribution in [0.1, 0.15) is 20.7 Å². The number of aliphatic hydroxyl groups excluding tert-OH is 1. The Bertz CT molecular complexity index is 807. The van der Waals surface area contributed by atoms with Crippen molar-refractivity contribution in [3.8, 4) is 5.75 Å². The number of anilines is 1. The van der Waals surface area contributed by atoms with Gasteiger partial charge >= 0.3 is 0 Å². The van der Waals surface area contributed by atoms with Gasteiger partial charge in [0.1, 0.15) is 5.75 Å². The molecule has 1 saturated heterocycles. The molecule has 27 heavy (non-hydrogen) atoms. The largest absolute Gasteiger partial charge is 0.497 e. The molecule has 0 radical (unpaired) electrons. The van der Waals surface area contributed by atoms with Gasteiger partial charge in [0.15, 0.2) is 0 Å². The smallest absolute Gasteiger partial charge is 0.255 e. The Labute approximate surface area is 157 Å². The number of carbonyl (C=O) groups excluding carboxylic acids is 2. The van der Waals surface area contributed by atoms with E-state index < -0.39 is 6.10 Å². The third kappa shape index (κ3) is 4.64. The molecule has 0 saturated carbocycles. The molecule has 2 aromatic carbocycles. The van der Waals surface area contributed by atoms with Crippen molar-refractivity contribution in [2.24, 2.45) is 5.92 Å². The number of hydrogen-bond donors (Lipinski definition) is 4. The maximum atomic E-state index is 12.5. The minimum atomic E-state index is -0.463. The van der Waals surface area contributed by atoms with Gasteiger partial charge in [-0.1, -0.05) is 12.1 Å². The van der Waals surface area contributed by atoms with E-state index in [0.29, 0.717) is 42.2 Å². The van der Waals surface area contributed by atoms with Crippen LogP contribution in [0.3, 0.4) is 0 Å². The summed E-state index contributed by atoms with van der Waals surface area (Å²) in [5, 5.41) is 18.5. The summed E-state index contributed by atoms with van der Waals surface area (Å²) in [6.45, 7) is 1.57. The van der Waals surface area contributed by atoms with E-state index in [1.165, 1.54) is 0 Å². The first kappa shape index (κ1) is 18.9. The Kier molecular flexibility index (Phi) is 6.05. The Balaban J connectivity index is 1.67. The average molecular weight is 369 g/mol. The fourth-order valence-electron chi connectivity index (χ4n) is 2.97. The number of ether oxygens (including phenoxy) is 1. The standard InChI is InChI=1S/C20H23N3O4/c1-27-15-8-6-13(7-9-15)19(25)23-17-5-3-2-4-16(17)20(26)22-11-14-10-21-12-18(14)24/h2-9,14,18,21,24H,10-12H2,1H3,(H,22,26)(H,23,25). The van der Waals surface area contributed by atoms with Crippen molar-refractivity contribution in [3.05, 3.63) is 59.7 Å². The first-order valence-corrected chi connectivity index (χ1v) is 8.80. The summed E-state index contributed by atoms with van der Waals surface area (Å²) in [7, 11) is 1.56. The maximum Gasteiger partial charge on any atom is 0.255 e. The lowest BCUT2D eigenvalue weighted by molar-refractivity contribution is 0.0928. The van der Waals surface area contributed by atoms with E-state index >= 15 is 0 Å². The van der Waals surface area contributed by atoms with Crippen molar-refractivity contribution in [1.29, 1.82) is 0 Å². The SMILES string of the molecule is COc1ccc(C(=O)Nc2ccccc2C(=O)NCC2CNCC2O)cc1. The molecule has 2 atom stereocenters. The highest BCUT2D eigenvalue weighted by Gasteiger charge is 2.25. The minimum absolute atomic E-state index is 0.0185. The van der Waals surface area contributed by atoms with Gasteiger partial charge in [-0.05, 0) is 36.4 Å². The van der Waals surface area contributed by atoms with Gasteiger partial charge in [0, 0.05) is 31.1 Å². The number of methoxy groups -OCH3 is 1. The topological polar surface area (TPSA) is 99.7 Å². The number of benzene rings is 2. The van der Waals surface area contributed by atoms with E-state index in [1.54, 1.807) is 55.6 Å². The van der Waals surface area contributed by atoms with Crippen LogP contribution in [0.15, 0.2) is 48.5 Å². The lowest BCUT2D eigenvalue weighted by Crippen LogP contribution is -2.34. The van der Waals surface area contributed by atoms with Crippen LogP contribution in [0.5, 0.6) is 5.75 Å². The van der Waals surface area contributed by atoms with Crippen LogP contribution in [0.2, 0.25) is 0 Å². The fraction of sp³-hybridized carbons (Fsp3) is 0.300. The first-order valence-electron chi connectivity index (χ1n) is 8.80. The van der Waals surface area contributed by atoms with Crippen molar-refractivity contribution in [2.75, 3.05) is 32.1 Å². The van der Waals surface area contributed by atoms with E-state index in [1.807, 2.05) is 0 Å². The van der Waals surface area contributed by atoms with Crippen LogP contribution in [-0.2, 0) is 0 Å². The van der Waals surface area contributed by atoms with Crippen molar-refractivity contribution in [2.45, 2.75) is 6.10 Å². The molecule has 1 fully saturated rings. The van der Waals surface area contributed by atoms with Crippen LogP contribution < -0.4 is 20.7 Å². The Morgan fingerprint density at radius 2 is 1.85 bits per heavy atom. The van der Waals surface area contributed by atoms with Crippen LogP contribution >= 0.6 is 0 Å². The lowest BCUT2D eigenvalue weighted by Gasteiger charge is -2.15. The van der Waals surface area contributed by atoms with E-state index in [2.05, 4.69) is 16.0 Å². The molecule has 0 spiro atoms. The van der Waals surface area contributed by atoms with Crippen molar-refractivity contribution < 1.29 is 19.4 Å². The average Bonchev–Trinajstić information content (AvgIpc) is 3.11. The Hall–Kier alpha value is -2.90. The zero-order chi connectivity index (χ0) is 19.2. The molecule has 1 heterocycles. The summed E-state index contributed by atoms with van der Waals surface area (Å²) in [5.41, 5.74) is 1.27. The summed E-state index contributed by atoms with van der Waals surface area (Å²) in [6.07, 6.45) is -0.463. The van der Waals surface area contributed by atoms with Gasteiger partial charge < -0.3 is 25.8 Å². The number of nitrogens with one attached hydrogen (secondary N) is 3. The Morgan fingerprint density at radius 1 is 1.11 bits per heavy atom. The second kappa shape index (κ2) is 8.66. The Morgan fingerprint density at radius 3 is 2.52 bits per heavy atom. The van der Waals surface area contributed by atoms with E-state index in [-0.39, 0.29) is 17.7 Å². The number of amides is 2. The predicted octanol–water partition coefficient (Wildman–Crippen LogP) is 1.26. The minimum Gasteiger partial charge on any atom is -0.497 e. The van der Waals surface area contributed by atoms with Crippen molar-refractivity contribution >= 4 is 17.5 Å². The van der Waals surface area contributed by atoms with Crippen LogP contribution in [-0.4, -0.2) is 49.8 Å². The predicted molar refractivity (Wildman–Crippen MR) is 102 cm³/mol. The molecule has 0 bridgehead atoms. The zero-order valence-electron chi connectivity index (χ0n) is 15.1. The van der Waals surface area contributed by atoms with Crippen molar-refractivity contribution in [1.82, 2.24) is 10.6 Å². The highest BCUT2D eigenvalue weighted by Crippen LogP contribution is 2.18. The van der Waals surface area contributed by atoms with Gasteiger partial charge in [-0.2, -0.15) is 0 Å². The summed E-state index contributed by atoms with van der Waals surface area (Å²) >= 11 is 0. The molecular weight excluding hydrogens is 346 g/mol. The molecule has 0 aliphatic carbocycles. The maximum absolute atomic E-state index is 12.5. The number of aliphatic hydroxyl groups is 1. The van der Waals surface area contributed by atoms with Gasteiger partial charge in [-0.25, -0.2) is 0 Å². The number of rotatable bonds is 6. The molecule has 2 amide bonds. The number of hydrogen-bond acceptors (Lipinski definition) is 5. The third-order valence-electron chi connectivity index (χ3n) is 4.60. The van der Waals surface area contributed by atoms with E-state index in [0.717, 1.165) is 0 Å². The van der Waals surface area contributed by atoms with Gasteiger partial charge in [-0.15, -0.1) is 0 Å². The fourth-order valence-corrected chi connectivity index (χ4v) is 2.97. The molecule has 7 nitrogen and oxygen atoms in total. The molecule has 2 unspecified atom stereocenters. The lowest BCUT2D eigenvalue weighted by atomic mass is 10.1. The number of para-hydroxylation sites is 1. The van der Waals surface area contributed by atoms with E-state index in [4.69, 9.17) is 4.74 Å². The quantitative estimate of drug-likeness (QED) is 0.614. The van der Waals surface area contributed by atoms with Crippen LogP contribution in [0, 0.1) is 5.92 Å². The zero-order valence-corrected chi connectivity index (χ0v) is 15.1. The van der Waals surface area contributed by atoms with Gasteiger partial charge in [0.25, 0.3) is 11.8 Å². The van der Waals surface area contributed by atoms with Crippen LogP contribution in [0.25, 0.3) is 0 Å². The highest BCUT2D eigenvalue weighted by atomic mass is 16.5. The molecule has 1 aliphatic rings. The van der Waals surface area contributed by atoms with E-state index in [9.17, 15) is 14.7 Å². The molecule has 1 aliphatic heterocycles. The molecule has 7 heteroatoms. The summed E-state index contributed by atoms with van der Waals surface area (Å²) in [5.74, 6) is 0.0398. The van der Waals surface area contributed by atoms with Gasteiger partial charge in [0.05, 0.1) is 24.5 Å². The molecular formula is C20H23N3O4. The second-order valence-corrected chi connectivity index (χ2v) is 6.42. The molecule has 4 N–H and O–H groups in total. The highest BCUT2D eigenvalue weighted by molar-refractivity contribution is 6.09. The summed E-state index contributed by atoms with van der Waals surface area (Å²) in [6, 6.07) is 13.6. The van der Waals surface area contributed by atoms with Gasteiger partial charge in [-0.3, -0.25) is 9.59 Å². The summed E-state index contributed by atoms with van der Waals surface area (Å²) in [4.78, 5) is 25.0. The summed E-state index contributed by atoms with van der Waals surface area (Å²) < 4.78 is 5.09. The monoisotopic (exact) mass is 369 g/mol. The first-order chi connectivity index (χ1) is 13.1. The second-order valence-electron chi connectivity index (χ2n) is 6.42. The molecule has 2 aromatic rings. The molecule has 0 aromatic heterocycles. The van der Waals surface area contributed by atoms with Crippen molar-refractivity contribution in [3.63, 3.8) is 0 Å². The normalized spacial score (nSPS) is 18.7. The van der Waals surface area contributed by atoms with Crippen LogP contribution in [0.4, 0.5) is 5.69 Å².